The molecule has 2 aromatic rings. The summed E-state index contributed by atoms with van der Waals surface area (Å²) in [6.07, 6.45) is 12.3. The summed E-state index contributed by atoms with van der Waals surface area (Å²) in [6.45, 7) is 24.4. The molecule has 0 unspecified atom stereocenters. The average Bonchev–Trinajstić information content (AvgIpc) is 3.51. The number of ketones is 2. The number of fused-ring (bicyclic) bond motifs is 7. The van der Waals surface area contributed by atoms with Crippen molar-refractivity contribution in [2.45, 2.75) is 165 Å². The van der Waals surface area contributed by atoms with Gasteiger partial charge < -0.3 is 23.5 Å². The number of hydrogen-bond donors (Lipinski definition) is 0. The first-order valence-electron chi connectivity index (χ1n) is 25.3. The molecule has 0 spiro atoms. The maximum atomic E-state index is 14.9. The summed E-state index contributed by atoms with van der Waals surface area (Å²) in [5, 5.41) is 10.1. The maximum Gasteiger partial charge on any atom is 0.494 e. The smallest absolute Gasteiger partial charge is 0.489 e. The summed E-state index contributed by atoms with van der Waals surface area (Å²) in [4.78, 5) is 55.7. The van der Waals surface area contributed by atoms with Crippen molar-refractivity contribution in [2.24, 2.45) is 50.2 Å². The van der Waals surface area contributed by atoms with E-state index in [-0.39, 0.29) is 57.7 Å². The van der Waals surface area contributed by atoms with Gasteiger partial charge in [0.25, 0.3) is 0 Å². The minimum absolute atomic E-state index is 0.0181. The van der Waals surface area contributed by atoms with Crippen molar-refractivity contribution >= 4 is 36.1 Å². The van der Waals surface area contributed by atoms with Crippen molar-refractivity contribution < 1.29 is 42.7 Å². The Morgan fingerprint density at radius 3 is 2.01 bits per heavy atom. The summed E-state index contributed by atoms with van der Waals surface area (Å²) in [7, 11) is -0.414. The van der Waals surface area contributed by atoms with E-state index in [1.54, 1.807) is 24.3 Å². The SMILES string of the molecule is CC1(C)CC[C@]2(C(=O)OCCCCCCOC(=O)c3ccc(OCc4ccc(B5OC(C)(C)C(C)(C)O5)cc4)cc3)CC[C@]3(C)[C@H](C(=O)C=C4[C@@]5(C)C=C(C#N)C(=O)C(C)(C)[C@@H]5CC[C@]43C)[C@@H]2C1. The van der Waals surface area contributed by atoms with Crippen molar-refractivity contribution in [1.29, 1.82) is 5.26 Å². The van der Waals surface area contributed by atoms with E-state index in [4.69, 9.17) is 23.5 Å². The van der Waals surface area contributed by atoms with Crippen LogP contribution in [0.2, 0.25) is 0 Å². The third-order valence-electron chi connectivity index (χ3n) is 18.8. The fourth-order valence-corrected chi connectivity index (χ4v) is 13.7. The first-order valence-corrected chi connectivity index (χ1v) is 25.3. The van der Waals surface area contributed by atoms with Crippen molar-refractivity contribution in [1.82, 2.24) is 0 Å². The maximum absolute atomic E-state index is 14.9. The quantitative estimate of drug-likeness (QED) is 0.108. The van der Waals surface area contributed by atoms with Crippen LogP contribution in [-0.4, -0.2) is 55.0 Å². The van der Waals surface area contributed by atoms with Crippen LogP contribution in [0, 0.1) is 61.6 Å². The van der Waals surface area contributed by atoms with Gasteiger partial charge in [0, 0.05) is 16.7 Å². The van der Waals surface area contributed by atoms with Gasteiger partial charge in [-0.05, 0) is 168 Å². The molecule has 1 aliphatic heterocycles. The van der Waals surface area contributed by atoms with Gasteiger partial charge in [0.1, 0.15) is 18.4 Å². The Bertz CT molecular complexity index is 2410. The molecule has 68 heavy (non-hydrogen) atoms. The van der Waals surface area contributed by atoms with E-state index in [1.807, 2.05) is 78.0 Å². The Balaban J connectivity index is 0.808. The molecule has 8 rings (SSSR count). The fourth-order valence-electron chi connectivity index (χ4n) is 13.7. The van der Waals surface area contributed by atoms with Crippen molar-refractivity contribution in [2.75, 3.05) is 13.2 Å². The zero-order chi connectivity index (χ0) is 49.3. The molecule has 0 bridgehead atoms. The van der Waals surface area contributed by atoms with Crippen LogP contribution in [0.25, 0.3) is 0 Å². The van der Waals surface area contributed by atoms with E-state index in [9.17, 15) is 24.4 Å². The van der Waals surface area contributed by atoms with Crippen LogP contribution in [0.15, 0.2) is 71.8 Å². The van der Waals surface area contributed by atoms with E-state index < -0.39 is 40.0 Å². The number of ether oxygens (including phenoxy) is 3. The average molecular weight is 928 g/mol. The third-order valence-corrected chi connectivity index (χ3v) is 18.8. The number of carbonyl (C=O) groups is 4. The van der Waals surface area contributed by atoms with Gasteiger partial charge in [0.05, 0.1) is 41.0 Å². The number of allylic oxidation sites excluding steroid dienone is 4. The Labute approximate surface area is 405 Å². The lowest BCUT2D eigenvalue weighted by Gasteiger charge is -2.68. The molecule has 5 aliphatic carbocycles. The van der Waals surface area contributed by atoms with Crippen LogP contribution in [0.5, 0.6) is 5.75 Å². The number of nitrogens with zero attached hydrogens (tertiary/aromatic N) is 1. The Morgan fingerprint density at radius 2 is 1.38 bits per heavy atom. The summed E-state index contributed by atoms with van der Waals surface area (Å²) in [5.74, 6) is -0.391. The second-order valence-electron chi connectivity index (χ2n) is 24.2. The summed E-state index contributed by atoms with van der Waals surface area (Å²) in [6, 6.07) is 17.2. The highest BCUT2D eigenvalue weighted by atomic mass is 16.7. The topological polar surface area (TPSA) is 138 Å². The molecule has 3 saturated carbocycles. The molecular formula is C57H74BNO9. The van der Waals surface area contributed by atoms with Crippen LogP contribution in [-0.2, 0) is 39.8 Å². The number of unbranched alkanes of at least 4 members (excludes halogenated alkanes) is 3. The fraction of sp³-hybridized carbons (Fsp3) is 0.632. The molecule has 1 saturated heterocycles. The largest absolute Gasteiger partial charge is 0.494 e. The van der Waals surface area contributed by atoms with Crippen LogP contribution < -0.4 is 10.2 Å². The van der Waals surface area contributed by atoms with Crippen LogP contribution in [0.4, 0.5) is 0 Å². The standard InChI is InChI=1S/C57H74BNO9/c1-50(2)26-28-57(29-27-56(11)46(42(57)34-50)43(60)32-45-54(9)33-39(35-59)47(61)51(3,4)44(54)24-25-55(45,56)10)49(63)65-31-15-13-12-14-30-64-48(62)38-18-22-41(23-19-38)66-36-37-16-20-40(21-17-37)58-67-52(5,6)53(7,8)68-58/h16-23,32-33,42,44,46H,12-15,24-31,34,36H2,1-11H3/t42-,44-,46-,54-,55+,56+,57-/m0/s1. The van der Waals surface area contributed by atoms with Crippen LogP contribution in [0.3, 0.4) is 0 Å². The number of carbonyl (C=O) groups excluding carboxylic acids is 4. The molecule has 0 N–H and O–H groups in total. The molecule has 6 aliphatic rings. The number of rotatable bonds is 13. The van der Waals surface area contributed by atoms with Gasteiger partial charge in [-0.25, -0.2) is 4.79 Å². The Hall–Kier alpha value is -4.53. The predicted molar refractivity (Wildman–Crippen MR) is 262 cm³/mol. The van der Waals surface area contributed by atoms with Crippen LogP contribution in [0.1, 0.15) is 163 Å². The van der Waals surface area contributed by atoms with Gasteiger partial charge >= 0.3 is 19.1 Å². The molecule has 2 aromatic carbocycles. The lowest BCUT2D eigenvalue weighted by molar-refractivity contribution is -0.193. The highest BCUT2D eigenvalue weighted by Gasteiger charge is 2.71. The predicted octanol–water partition coefficient (Wildman–Crippen LogP) is 11.0. The van der Waals surface area contributed by atoms with Crippen molar-refractivity contribution in [3.63, 3.8) is 0 Å². The normalized spacial score (nSPS) is 32.8. The lowest BCUT2D eigenvalue weighted by Crippen LogP contribution is -2.66. The van der Waals surface area contributed by atoms with Gasteiger partial charge in [0.2, 0.25) is 0 Å². The van der Waals surface area contributed by atoms with Crippen molar-refractivity contribution in [3.05, 3.63) is 83.0 Å². The molecule has 10 nitrogen and oxygen atoms in total. The summed E-state index contributed by atoms with van der Waals surface area (Å²) in [5.41, 5.74) is 0.0848. The lowest BCUT2D eigenvalue weighted by atomic mass is 9.34. The molecule has 1 heterocycles. The first kappa shape index (κ1) is 49.9. The highest BCUT2D eigenvalue weighted by molar-refractivity contribution is 6.62. The Kier molecular flexibility index (Phi) is 13.0. The molecular weight excluding hydrogens is 853 g/mol. The molecule has 0 radical (unpaired) electrons. The summed E-state index contributed by atoms with van der Waals surface area (Å²) >= 11 is 0. The molecule has 4 fully saturated rings. The zero-order valence-electron chi connectivity index (χ0n) is 42.6. The van der Waals surface area contributed by atoms with Gasteiger partial charge in [0.15, 0.2) is 11.6 Å². The van der Waals surface area contributed by atoms with Gasteiger partial charge in [-0.15, -0.1) is 0 Å². The number of Topliss-reactive ketones (excluding diaryl/α,β-unsaturated/α-hetero) is 1. The van der Waals surface area contributed by atoms with E-state index in [0.29, 0.717) is 56.8 Å². The molecule has 364 valence electrons. The third kappa shape index (κ3) is 8.41. The first-order chi connectivity index (χ1) is 31.8. The molecule has 0 aromatic heterocycles. The number of benzene rings is 2. The molecule has 0 amide bonds. The van der Waals surface area contributed by atoms with Gasteiger partial charge in [-0.3, -0.25) is 14.4 Å². The number of hydrogen-bond acceptors (Lipinski definition) is 10. The van der Waals surface area contributed by atoms with E-state index in [0.717, 1.165) is 61.5 Å². The van der Waals surface area contributed by atoms with Crippen LogP contribution >= 0.6 is 0 Å². The van der Waals surface area contributed by atoms with E-state index in [1.165, 1.54) is 0 Å². The van der Waals surface area contributed by atoms with E-state index in [2.05, 4.69) is 40.7 Å². The zero-order valence-corrected chi connectivity index (χ0v) is 42.6. The number of nitriles is 1. The summed E-state index contributed by atoms with van der Waals surface area (Å²) < 4.78 is 30.1. The Morgan fingerprint density at radius 1 is 0.765 bits per heavy atom. The second kappa shape index (κ2) is 17.7. The number of esters is 2. The molecule has 7 atom stereocenters. The van der Waals surface area contributed by atoms with Gasteiger partial charge in [-0.2, -0.15) is 5.26 Å². The van der Waals surface area contributed by atoms with Gasteiger partial charge in [-0.1, -0.05) is 84.4 Å². The highest BCUT2D eigenvalue weighted by Crippen LogP contribution is 2.74. The second-order valence-corrected chi connectivity index (χ2v) is 24.2. The monoisotopic (exact) mass is 928 g/mol. The molecule has 11 heteroatoms. The minimum Gasteiger partial charge on any atom is -0.489 e. The van der Waals surface area contributed by atoms with Crippen molar-refractivity contribution in [3.8, 4) is 11.8 Å². The van der Waals surface area contributed by atoms with E-state index >= 15 is 0 Å². The minimum atomic E-state index is -0.719.